The Kier molecular flexibility index (Phi) is 3.40. The average Bonchev–Trinajstić information content (AvgIpc) is 2.87. The lowest BCUT2D eigenvalue weighted by atomic mass is 10.1. The number of hydrogen-bond donors (Lipinski definition) is 1. The molecule has 0 bridgehead atoms. The van der Waals surface area contributed by atoms with Crippen molar-refractivity contribution in [2.45, 2.75) is 32.1 Å². The number of hydrogen-bond acceptors (Lipinski definition) is 3. The third-order valence-corrected chi connectivity index (χ3v) is 3.31. The van der Waals surface area contributed by atoms with Gasteiger partial charge in [0.2, 0.25) is 0 Å². The zero-order chi connectivity index (χ0) is 9.80. The minimum atomic E-state index is 0.0504. The molecule has 3 heteroatoms. The van der Waals surface area contributed by atoms with Crippen LogP contribution in [0.5, 0.6) is 0 Å². The first kappa shape index (κ1) is 9.97. The van der Waals surface area contributed by atoms with Crippen LogP contribution in [0.3, 0.4) is 0 Å². The lowest BCUT2D eigenvalue weighted by molar-refractivity contribution is -0.149. The van der Waals surface area contributed by atoms with E-state index in [4.69, 9.17) is 4.74 Å². The van der Waals surface area contributed by atoms with Crippen LogP contribution in [-0.4, -0.2) is 25.7 Å². The predicted octanol–water partition coefficient (Wildman–Crippen LogP) is 1.33. The Balaban J connectivity index is 1.66. The molecule has 2 aliphatic rings. The van der Waals surface area contributed by atoms with Crippen LogP contribution < -0.4 is 5.32 Å². The third kappa shape index (κ3) is 2.47. The molecule has 1 N–H and O–H groups in total. The fourth-order valence-electron chi connectivity index (χ4n) is 2.34. The van der Waals surface area contributed by atoms with Gasteiger partial charge in [-0.3, -0.25) is 4.79 Å². The zero-order valence-corrected chi connectivity index (χ0v) is 8.63. The van der Waals surface area contributed by atoms with E-state index in [1.807, 2.05) is 0 Å². The molecule has 1 heterocycles. The van der Waals surface area contributed by atoms with Crippen LogP contribution in [0.4, 0.5) is 0 Å². The van der Waals surface area contributed by atoms with E-state index in [2.05, 4.69) is 5.32 Å². The van der Waals surface area contributed by atoms with Crippen molar-refractivity contribution in [3.05, 3.63) is 0 Å². The summed E-state index contributed by atoms with van der Waals surface area (Å²) in [6.07, 6.45) is 5.64. The van der Waals surface area contributed by atoms with E-state index >= 15 is 0 Å². The van der Waals surface area contributed by atoms with Gasteiger partial charge in [-0.1, -0.05) is 12.8 Å². The monoisotopic (exact) mass is 197 g/mol. The van der Waals surface area contributed by atoms with E-state index in [-0.39, 0.29) is 11.9 Å². The van der Waals surface area contributed by atoms with E-state index in [0.717, 1.165) is 32.4 Å². The first-order valence-electron chi connectivity index (χ1n) is 5.73. The van der Waals surface area contributed by atoms with Crippen molar-refractivity contribution < 1.29 is 9.53 Å². The van der Waals surface area contributed by atoms with Gasteiger partial charge >= 0.3 is 5.97 Å². The summed E-state index contributed by atoms with van der Waals surface area (Å²) in [5, 5.41) is 3.27. The van der Waals surface area contributed by atoms with Gasteiger partial charge in [0.15, 0.2) is 0 Å². The highest BCUT2D eigenvalue weighted by molar-refractivity contribution is 5.72. The predicted molar refractivity (Wildman–Crippen MR) is 53.9 cm³/mol. The van der Waals surface area contributed by atoms with Gasteiger partial charge in [-0.2, -0.15) is 0 Å². The van der Waals surface area contributed by atoms with Crippen molar-refractivity contribution in [3.8, 4) is 0 Å². The molecule has 0 amide bonds. The molecule has 0 aromatic carbocycles. The van der Waals surface area contributed by atoms with E-state index in [1.165, 1.54) is 12.8 Å². The second-order valence-corrected chi connectivity index (χ2v) is 4.47. The van der Waals surface area contributed by atoms with Crippen molar-refractivity contribution in [1.29, 1.82) is 0 Å². The molecule has 1 aliphatic heterocycles. The molecule has 0 aromatic rings. The average molecular weight is 197 g/mol. The molecule has 1 atom stereocenters. The summed E-state index contributed by atoms with van der Waals surface area (Å²) in [5.74, 6) is 0.819. The number of rotatable bonds is 3. The summed E-state index contributed by atoms with van der Waals surface area (Å²) in [6.45, 7) is 2.71. The minimum Gasteiger partial charge on any atom is -0.465 e. The van der Waals surface area contributed by atoms with E-state index < -0.39 is 0 Å². The number of nitrogens with one attached hydrogen (secondary N) is 1. The van der Waals surface area contributed by atoms with Crippen LogP contribution in [0, 0.1) is 11.8 Å². The molecule has 0 aromatic heterocycles. The molecular weight excluding hydrogens is 178 g/mol. The molecule has 0 spiro atoms. The van der Waals surface area contributed by atoms with Crippen molar-refractivity contribution in [1.82, 2.24) is 5.32 Å². The standard InChI is InChI=1S/C11H19NO2/c13-11(10-3-1-2-4-10)14-8-9-5-6-12-7-9/h9-10,12H,1-8H2/t9-/m0/s1. The number of carbonyl (C=O) groups is 1. The van der Waals surface area contributed by atoms with Gasteiger partial charge in [0, 0.05) is 12.5 Å². The summed E-state index contributed by atoms with van der Waals surface area (Å²) in [6, 6.07) is 0. The number of carbonyl (C=O) groups excluding carboxylic acids is 1. The summed E-state index contributed by atoms with van der Waals surface area (Å²) in [4.78, 5) is 11.6. The van der Waals surface area contributed by atoms with Crippen LogP contribution in [0.1, 0.15) is 32.1 Å². The van der Waals surface area contributed by atoms with Gasteiger partial charge in [-0.25, -0.2) is 0 Å². The van der Waals surface area contributed by atoms with Gasteiger partial charge < -0.3 is 10.1 Å². The highest BCUT2D eigenvalue weighted by Gasteiger charge is 2.25. The number of ether oxygens (including phenoxy) is 1. The Labute approximate surface area is 85.2 Å². The molecule has 2 fully saturated rings. The fraction of sp³-hybridized carbons (Fsp3) is 0.909. The zero-order valence-electron chi connectivity index (χ0n) is 8.63. The maximum absolute atomic E-state index is 11.6. The van der Waals surface area contributed by atoms with Gasteiger partial charge in [0.05, 0.1) is 12.5 Å². The second-order valence-electron chi connectivity index (χ2n) is 4.47. The molecule has 80 valence electrons. The van der Waals surface area contributed by atoms with Crippen LogP contribution in [0.2, 0.25) is 0 Å². The highest BCUT2D eigenvalue weighted by Crippen LogP contribution is 2.26. The summed E-state index contributed by atoms with van der Waals surface area (Å²) >= 11 is 0. The van der Waals surface area contributed by atoms with Crippen molar-refractivity contribution >= 4 is 5.97 Å². The molecule has 1 aliphatic carbocycles. The number of esters is 1. The molecule has 14 heavy (non-hydrogen) atoms. The summed E-state index contributed by atoms with van der Waals surface area (Å²) < 4.78 is 5.33. The Hall–Kier alpha value is -0.570. The van der Waals surface area contributed by atoms with Gasteiger partial charge in [0.25, 0.3) is 0 Å². The van der Waals surface area contributed by atoms with Crippen molar-refractivity contribution in [2.75, 3.05) is 19.7 Å². The quantitative estimate of drug-likeness (QED) is 0.694. The van der Waals surface area contributed by atoms with Crippen molar-refractivity contribution in [2.24, 2.45) is 11.8 Å². The molecular formula is C11H19NO2. The molecule has 2 rings (SSSR count). The lowest BCUT2D eigenvalue weighted by Gasteiger charge is -2.12. The smallest absolute Gasteiger partial charge is 0.308 e. The third-order valence-electron chi connectivity index (χ3n) is 3.31. The van der Waals surface area contributed by atoms with Crippen LogP contribution in [-0.2, 0) is 9.53 Å². The minimum absolute atomic E-state index is 0.0504. The summed E-state index contributed by atoms with van der Waals surface area (Å²) in [5.41, 5.74) is 0. The first-order valence-corrected chi connectivity index (χ1v) is 5.73. The molecule has 3 nitrogen and oxygen atoms in total. The van der Waals surface area contributed by atoms with Crippen LogP contribution in [0.25, 0.3) is 0 Å². The Morgan fingerprint density at radius 1 is 1.29 bits per heavy atom. The first-order chi connectivity index (χ1) is 6.86. The maximum Gasteiger partial charge on any atom is 0.308 e. The normalized spacial score (nSPS) is 28.1. The lowest BCUT2D eigenvalue weighted by Crippen LogP contribution is -2.20. The Morgan fingerprint density at radius 2 is 2.07 bits per heavy atom. The van der Waals surface area contributed by atoms with Crippen LogP contribution >= 0.6 is 0 Å². The SMILES string of the molecule is O=C(OC[C@H]1CCNC1)C1CCCC1. The van der Waals surface area contributed by atoms with Gasteiger partial charge in [-0.15, -0.1) is 0 Å². The van der Waals surface area contributed by atoms with Crippen molar-refractivity contribution in [3.63, 3.8) is 0 Å². The Morgan fingerprint density at radius 3 is 2.71 bits per heavy atom. The molecule has 0 unspecified atom stereocenters. The molecule has 1 saturated carbocycles. The van der Waals surface area contributed by atoms with E-state index in [9.17, 15) is 4.79 Å². The van der Waals surface area contributed by atoms with Gasteiger partial charge in [0.1, 0.15) is 0 Å². The topological polar surface area (TPSA) is 38.3 Å². The second kappa shape index (κ2) is 4.78. The van der Waals surface area contributed by atoms with Crippen LogP contribution in [0.15, 0.2) is 0 Å². The Bertz CT molecular complexity index is 193. The maximum atomic E-state index is 11.6. The van der Waals surface area contributed by atoms with E-state index in [0.29, 0.717) is 12.5 Å². The summed E-state index contributed by atoms with van der Waals surface area (Å²) in [7, 11) is 0. The molecule has 0 radical (unpaired) electrons. The fourth-order valence-corrected chi connectivity index (χ4v) is 2.34. The van der Waals surface area contributed by atoms with Gasteiger partial charge in [-0.05, 0) is 25.8 Å². The molecule has 1 saturated heterocycles. The largest absolute Gasteiger partial charge is 0.465 e. The highest BCUT2D eigenvalue weighted by atomic mass is 16.5. The van der Waals surface area contributed by atoms with E-state index in [1.54, 1.807) is 0 Å².